The molecule has 0 aromatic carbocycles. The lowest BCUT2D eigenvalue weighted by molar-refractivity contribution is 0.0705. The van der Waals surface area contributed by atoms with Crippen LogP contribution in [0.15, 0.2) is 0 Å². The zero-order valence-electron chi connectivity index (χ0n) is 12.0. The van der Waals surface area contributed by atoms with Crippen LogP contribution in [0.5, 0.6) is 0 Å². The molecule has 0 unspecified atom stereocenters. The van der Waals surface area contributed by atoms with Gasteiger partial charge in [-0.25, -0.2) is 0 Å². The van der Waals surface area contributed by atoms with E-state index in [0.717, 1.165) is 37.9 Å². The number of carbonyl (C=O) groups is 1. The van der Waals surface area contributed by atoms with Gasteiger partial charge in [0.2, 0.25) is 0 Å². The predicted molar refractivity (Wildman–Crippen MR) is 79.3 cm³/mol. The van der Waals surface area contributed by atoms with E-state index in [-0.39, 0.29) is 18.3 Å². The Morgan fingerprint density at radius 3 is 2.84 bits per heavy atom. The number of hydrogen-bond donors (Lipinski definition) is 1. The van der Waals surface area contributed by atoms with Gasteiger partial charge < -0.3 is 9.88 Å². The molecule has 1 fully saturated rings. The highest BCUT2D eigenvalue weighted by Gasteiger charge is 2.40. The van der Waals surface area contributed by atoms with Crippen molar-refractivity contribution in [2.45, 2.75) is 33.1 Å². The Bertz CT molecular complexity index is 495. The molecule has 2 aliphatic rings. The Balaban J connectivity index is 0.00000133. The van der Waals surface area contributed by atoms with Crippen molar-refractivity contribution in [1.29, 1.82) is 0 Å². The number of rotatable bonds is 1. The van der Waals surface area contributed by atoms with E-state index < -0.39 is 0 Å². The topological polar surface area (TPSA) is 36.1 Å². The van der Waals surface area contributed by atoms with Gasteiger partial charge in [-0.1, -0.05) is 6.92 Å². The molecule has 1 aromatic heterocycles. The zero-order chi connectivity index (χ0) is 12.9. The Hall–Kier alpha value is -0.800. The number of aryl methyl sites for hydroxylation is 1. The average Bonchev–Trinajstić information content (AvgIpc) is 2.66. The first-order valence-electron chi connectivity index (χ1n) is 7.04. The maximum atomic E-state index is 12.7. The maximum absolute atomic E-state index is 12.7. The molecule has 1 saturated heterocycles. The van der Waals surface area contributed by atoms with Crippen LogP contribution < -0.4 is 0 Å². The van der Waals surface area contributed by atoms with Gasteiger partial charge in [-0.2, -0.15) is 0 Å². The van der Waals surface area contributed by atoms with Gasteiger partial charge in [0, 0.05) is 29.4 Å². The first kappa shape index (κ1) is 14.6. The summed E-state index contributed by atoms with van der Waals surface area (Å²) in [4.78, 5) is 18.5. The molecule has 4 heteroatoms. The number of halogens is 1. The van der Waals surface area contributed by atoms with Crippen LogP contribution in [0.2, 0.25) is 0 Å². The average molecular weight is 283 g/mol. The van der Waals surface area contributed by atoms with E-state index in [4.69, 9.17) is 0 Å². The van der Waals surface area contributed by atoms with E-state index in [1.807, 2.05) is 0 Å². The molecule has 1 aromatic rings. The molecule has 3 nitrogen and oxygen atoms in total. The number of nitrogens with zero attached hydrogens (tertiary/aromatic N) is 1. The molecular weight excluding hydrogens is 260 g/mol. The number of piperidine rings is 1. The van der Waals surface area contributed by atoms with E-state index in [0.29, 0.717) is 11.7 Å². The number of fused-ring (bicyclic) bond motifs is 2. The lowest BCUT2D eigenvalue weighted by Crippen LogP contribution is -2.45. The van der Waals surface area contributed by atoms with Crippen molar-refractivity contribution in [3.8, 4) is 0 Å². The normalized spacial score (nSPS) is 26.6. The SMILES string of the molecule is CCc1c(C)[nH]c2c1C(=O)[C@@H]1CN(C)CC[C@H]1C2.Cl. The van der Waals surface area contributed by atoms with Crippen LogP contribution in [-0.2, 0) is 12.8 Å². The van der Waals surface area contributed by atoms with Crippen molar-refractivity contribution in [1.82, 2.24) is 9.88 Å². The number of nitrogens with one attached hydrogen (secondary N) is 1. The summed E-state index contributed by atoms with van der Waals surface area (Å²) in [6.07, 6.45) is 3.18. The molecule has 19 heavy (non-hydrogen) atoms. The highest BCUT2D eigenvalue weighted by Crippen LogP contribution is 2.37. The second-order valence-corrected chi connectivity index (χ2v) is 5.92. The third-order valence-corrected chi connectivity index (χ3v) is 4.76. The molecule has 1 aliphatic heterocycles. The first-order chi connectivity index (χ1) is 8.61. The van der Waals surface area contributed by atoms with Gasteiger partial charge in [-0.05, 0) is 51.3 Å². The molecule has 0 radical (unpaired) electrons. The molecule has 0 spiro atoms. The molecule has 2 heterocycles. The molecule has 0 amide bonds. The minimum Gasteiger partial charge on any atom is -0.362 e. The summed E-state index contributed by atoms with van der Waals surface area (Å²) in [5.41, 5.74) is 4.69. The van der Waals surface area contributed by atoms with Crippen LogP contribution in [-0.4, -0.2) is 35.8 Å². The summed E-state index contributed by atoms with van der Waals surface area (Å²) in [6.45, 7) is 6.31. The van der Waals surface area contributed by atoms with Crippen molar-refractivity contribution in [2.75, 3.05) is 20.1 Å². The number of Topliss-reactive ketones (excluding diaryl/α,β-unsaturated/α-hetero) is 1. The summed E-state index contributed by atoms with van der Waals surface area (Å²) < 4.78 is 0. The Kier molecular flexibility index (Phi) is 4.07. The standard InChI is InChI=1S/C15H22N2O.ClH/c1-4-11-9(2)16-13-7-10-5-6-17(3)8-12(10)15(18)14(11)13;/h10,12,16H,4-8H2,1-3H3;1H/t10-,12+;/m0./s1. The van der Waals surface area contributed by atoms with E-state index in [2.05, 4.69) is 30.8 Å². The van der Waals surface area contributed by atoms with E-state index in [1.165, 1.54) is 17.0 Å². The number of aromatic amines is 1. The lowest BCUT2D eigenvalue weighted by atomic mass is 9.73. The van der Waals surface area contributed by atoms with E-state index in [9.17, 15) is 4.79 Å². The molecule has 2 atom stereocenters. The van der Waals surface area contributed by atoms with Crippen molar-refractivity contribution < 1.29 is 4.79 Å². The molecule has 0 saturated carbocycles. The van der Waals surface area contributed by atoms with Crippen molar-refractivity contribution >= 4 is 18.2 Å². The summed E-state index contributed by atoms with van der Waals surface area (Å²) >= 11 is 0. The van der Waals surface area contributed by atoms with Crippen LogP contribution in [0.25, 0.3) is 0 Å². The van der Waals surface area contributed by atoms with Gasteiger partial charge in [0.25, 0.3) is 0 Å². The molecule has 3 rings (SSSR count). The maximum Gasteiger partial charge on any atom is 0.169 e. The Labute approximate surface area is 121 Å². The van der Waals surface area contributed by atoms with E-state index >= 15 is 0 Å². The summed E-state index contributed by atoms with van der Waals surface area (Å²) in [7, 11) is 2.13. The van der Waals surface area contributed by atoms with Crippen LogP contribution >= 0.6 is 12.4 Å². The van der Waals surface area contributed by atoms with E-state index in [1.54, 1.807) is 0 Å². The third-order valence-electron chi connectivity index (χ3n) is 4.76. The van der Waals surface area contributed by atoms with Gasteiger partial charge in [0.15, 0.2) is 5.78 Å². The van der Waals surface area contributed by atoms with Gasteiger partial charge in [0.1, 0.15) is 0 Å². The molecule has 106 valence electrons. The molecule has 1 aliphatic carbocycles. The van der Waals surface area contributed by atoms with Crippen LogP contribution in [0.3, 0.4) is 0 Å². The number of hydrogen-bond acceptors (Lipinski definition) is 2. The fourth-order valence-corrected chi connectivity index (χ4v) is 3.78. The van der Waals surface area contributed by atoms with Crippen LogP contribution in [0.4, 0.5) is 0 Å². The Morgan fingerprint density at radius 2 is 2.16 bits per heavy atom. The lowest BCUT2D eigenvalue weighted by Gasteiger charge is -2.38. The largest absolute Gasteiger partial charge is 0.362 e. The van der Waals surface area contributed by atoms with Gasteiger partial charge in [-0.3, -0.25) is 4.79 Å². The number of likely N-dealkylation sites (tertiary alicyclic amines) is 1. The highest BCUT2D eigenvalue weighted by molar-refractivity contribution is 6.02. The first-order valence-corrected chi connectivity index (χ1v) is 7.04. The summed E-state index contributed by atoms with van der Waals surface area (Å²) in [5.74, 6) is 1.19. The number of carbonyl (C=O) groups excluding carboxylic acids is 1. The summed E-state index contributed by atoms with van der Waals surface area (Å²) in [6, 6.07) is 0. The number of ketones is 1. The Morgan fingerprint density at radius 1 is 1.42 bits per heavy atom. The van der Waals surface area contributed by atoms with Crippen molar-refractivity contribution in [2.24, 2.45) is 11.8 Å². The third kappa shape index (κ3) is 2.23. The second kappa shape index (κ2) is 5.29. The van der Waals surface area contributed by atoms with Gasteiger partial charge in [0.05, 0.1) is 0 Å². The van der Waals surface area contributed by atoms with Gasteiger partial charge in [-0.15, -0.1) is 12.4 Å². The zero-order valence-corrected chi connectivity index (χ0v) is 12.8. The second-order valence-electron chi connectivity index (χ2n) is 5.92. The fraction of sp³-hybridized carbons (Fsp3) is 0.667. The van der Waals surface area contributed by atoms with Crippen LogP contribution in [0, 0.1) is 18.8 Å². The van der Waals surface area contributed by atoms with Crippen molar-refractivity contribution in [3.05, 3.63) is 22.5 Å². The number of aromatic nitrogens is 1. The smallest absolute Gasteiger partial charge is 0.169 e. The minimum absolute atomic E-state index is 0. The van der Waals surface area contributed by atoms with Crippen LogP contribution in [0.1, 0.15) is 40.7 Å². The quantitative estimate of drug-likeness (QED) is 0.859. The summed E-state index contributed by atoms with van der Waals surface area (Å²) in [5, 5.41) is 0. The minimum atomic E-state index is 0. The van der Waals surface area contributed by atoms with Gasteiger partial charge >= 0.3 is 0 Å². The number of H-pyrrole nitrogens is 1. The molecular formula is C15H23ClN2O. The monoisotopic (exact) mass is 282 g/mol. The highest BCUT2D eigenvalue weighted by atomic mass is 35.5. The molecule has 0 bridgehead atoms. The van der Waals surface area contributed by atoms with Crippen molar-refractivity contribution in [3.63, 3.8) is 0 Å². The predicted octanol–water partition coefficient (Wildman–Crippen LogP) is 2.61. The fourth-order valence-electron chi connectivity index (χ4n) is 3.78. The molecule has 1 N–H and O–H groups in total.